The second-order valence-electron chi connectivity index (χ2n) is 2.07. The van der Waals surface area contributed by atoms with Gasteiger partial charge in [-0.3, -0.25) is 0 Å². The van der Waals surface area contributed by atoms with Crippen molar-refractivity contribution in [3.8, 4) is 0 Å². The molecule has 1 saturated heterocycles. The zero-order valence-electron chi connectivity index (χ0n) is 4.86. The van der Waals surface area contributed by atoms with Crippen molar-refractivity contribution in [1.29, 1.82) is 0 Å². The van der Waals surface area contributed by atoms with Crippen LogP contribution >= 0.6 is 0 Å². The van der Waals surface area contributed by atoms with Gasteiger partial charge in [0.25, 0.3) is 0 Å². The number of hydrogen-bond acceptors (Lipinski definition) is 1. The molecule has 1 rings (SSSR count). The molecule has 0 unspecified atom stereocenters. The highest BCUT2D eigenvalue weighted by Crippen LogP contribution is 2.12. The summed E-state index contributed by atoms with van der Waals surface area (Å²) in [6.07, 6.45) is 2.23. The molecule has 0 aromatic rings. The van der Waals surface area contributed by atoms with Crippen molar-refractivity contribution in [2.75, 3.05) is 13.1 Å². The lowest BCUT2D eigenvalue weighted by Crippen LogP contribution is -2.14. The van der Waals surface area contributed by atoms with Gasteiger partial charge in [0.05, 0.1) is 0 Å². The molecule has 8 heavy (non-hydrogen) atoms. The molecule has 0 aromatic carbocycles. The summed E-state index contributed by atoms with van der Waals surface area (Å²) in [5, 5.41) is 0. The van der Waals surface area contributed by atoms with Gasteiger partial charge in [-0.2, -0.15) is 4.39 Å². The van der Waals surface area contributed by atoms with Gasteiger partial charge >= 0.3 is 0 Å². The Hall–Kier alpha value is -0.530. The Balaban J connectivity index is 2.35. The van der Waals surface area contributed by atoms with Crippen molar-refractivity contribution in [2.45, 2.75) is 12.8 Å². The SMILES string of the molecule is C=C(F)N1CCCC1. The predicted octanol–water partition coefficient (Wildman–Crippen LogP) is 1.52. The third-order valence-electron chi connectivity index (χ3n) is 1.45. The second-order valence-corrected chi connectivity index (χ2v) is 2.07. The van der Waals surface area contributed by atoms with Crippen LogP contribution in [0.5, 0.6) is 0 Å². The molecule has 1 nitrogen and oxygen atoms in total. The van der Waals surface area contributed by atoms with Gasteiger partial charge in [-0.25, -0.2) is 0 Å². The van der Waals surface area contributed by atoms with Crippen LogP contribution in [0, 0.1) is 0 Å². The van der Waals surface area contributed by atoms with Crippen molar-refractivity contribution in [3.63, 3.8) is 0 Å². The molecule has 0 spiro atoms. The minimum absolute atomic E-state index is 0.275. The Bertz CT molecular complexity index is 94.7. The van der Waals surface area contributed by atoms with E-state index < -0.39 is 0 Å². The fraction of sp³-hybridized carbons (Fsp3) is 0.667. The van der Waals surface area contributed by atoms with Crippen LogP contribution in [0.1, 0.15) is 12.8 Å². The van der Waals surface area contributed by atoms with Crippen LogP contribution in [0.25, 0.3) is 0 Å². The lowest BCUT2D eigenvalue weighted by atomic mass is 10.4. The molecule has 1 aliphatic rings. The molecule has 2 heteroatoms. The summed E-state index contributed by atoms with van der Waals surface area (Å²) in [5.74, 6) is -0.275. The predicted molar refractivity (Wildman–Crippen MR) is 31.1 cm³/mol. The average Bonchev–Trinajstić information content (AvgIpc) is 2.12. The van der Waals surface area contributed by atoms with Crippen molar-refractivity contribution >= 4 is 0 Å². The van der Waals surface area contributed by atoms with E-state index in [1.54, 1.807) is 4.90 Å². The summed E-state index contributed by atoms with van der Waals surface area (Å²) >= 11 is 0. The smallest absolute Gasteiger partial charge is 0.182 e. The lowest BCUT2D eigenvalue weighted by Gasteiger charge is -2.11. The van der Waals surface area contributed by atoms with Crippen LogP contribution in [-0.4, -0.2) is 18.0 Å². The van der Waals surface area contributed by atoms with Crippen molar-refractivity contribution < 1.29 is 4.39 Å². The first-order valence-electron chi connectivity index (χ1n) is 2.90. The minimum atomic E-state index is -0.275. The van der Waals surface area contributed by atoms with Crippen molar-refractivity contribution in [2.24, 2.45) is 0 Å². The second kappa shape index (κ2) is 2.16. The van der Waals surface area contributed by atoms with E-state index >= 15 is 0 Å². The standard InChI is InChI=1S/C6H10FN/c1-6(7)8-4-2-3-5-8/h1-5H2. The molecule has 0 aromatic heterocycles. The maximum absolute atomic E-state index is 12.1. The first kappa shape index (κ1) is 5.60. The summed E-state index contributed by atoms with van der Waals surface area (Å²) in [6, 6.07) is 0. The minimum Gasteiger partial charge on any atom is -0.349 e. The van der Waals surface area contributed by atoms with Gasteiger partial charge < -0.3 is 4.90 Å². The van der Waals surface area contributed by atoms with Crippen LogP contribution in [0.3, 0.4) is 0 Å². The highest BCUT2D eigenvalue weighted by molar-refractivity contribution is 4.84. The topological polar surface area (TPSA) is 3.24 Å². The zero-order valence-corrected chi connectivity index (χ0v) is 4.86. The Labute approximate surface area is 48.8 Å². The van der Waals surface area contributed by atoms with E-state index in [9.17, 15) is 4.39 Å². The summed E-state index contributed by atoms with van der Waals surface area (Å²) < 4.78 is 12.1. The molecule has 0 aliphatic carbocycles. The molecule has 1 heterocycles. The fourth-order valence-corrected chi connectivity index (χ4v) is 0.960. The fourth-order valence-electron chi connectivity index (χ4n) is 0.960. The molecular weight excluding hydrogens is 105 g/mol. The first-order chi connectivity index (χ1) is 3.80. The summed E-state index contributed by atoms with van der Waals surface area (Å²) in [7, 11) is 0. The largest absolute Gasteiger partial charge is 0.349 e. The van der Waals surface area contributed by atoms with Gasteiger partial charge in [0.2, 0.25) is 0 Å². The van der Waals surface area contributed by atoms with Gasteiger partial charge in [-0.15, -0.1) is 0 Å². The van der Waals surface area contributed by atoms with Gasteiger partial charge in [0.1, 0.15) is 0 Å². The van der Waals surface area contributed by atoms with E-state index in [1.165, 1.54) is 0 Å². The maximum Gasteiger partial charge on any atom is 0.182 e. The third kappa shape index (κ3) is 0.997. The Kier molecular flexibility index (Phi) is 1.51. The Morgan fingerprint density at radius 2 is 1.88 bits per heavy atom. The molecule has 1 aliphatic heterocycles. The molecular formula is C6H10FN. The summed E-state index contributed by atoms with van der Waals surface area (Å²) in [6.45, 7) is 4.91. The molecule has 0 bridgehead atoms. The van der Waals surface area contributed by atoms with E-state index in [1.807, 2.05) is 0 Å². The zero-order chi connectivity index (χ0) is 5.98. The highest BCUT2D eigenvalue weighted by atomic mass is 19.1. The first-order valence-corrected chi connectivity index (χ1v) is 2.90. The van der Waals surface area contributed by atoms with E-state index in [-0.39, 0.29) is 5.95 Å². The lowest BCUT2D eigenvalue weighted by molar-refractivity contribution is 0.325. The molecule has 0 saturated carbocycles. The molecule has 0 radical (unpaired) electrons. The number of likely N-dealkylation sites (tertiary alicyclic amines) is 1. The maximum atomic E-state index is 12.1. The van der Waals surface area contributed by atoms with Crippen LogP contribution in [0.15, 0.2) is 12.5 Å². The molecule has 46 valence electrons. The summed E-state index contributed by atoms with van der Waals surface area (Å²) in [5.41, 5.74) is 0. The normalized spacial score (nSPS) is 19.4. The number of rotatable bonds is 1. The monoisotopic (exact) mass is 115 g/mol. The van der Waals surface area contributed by atoms with Crippen LogP contribution in [0.2, 0.25) is 0 Å². The van der Waals surface area contributed by atoms with Crippen molar-refractivity contribution in [1.82, 2.24) is 4.90 Å². The van der Waals surface area contributed by atoms with Crippen LogP contribution in [0.4, 0.5) is 4.39 Å². The number of hydrogen-bond donors (Lipinski definition) is 0. The molecule has 0 N–H and O–H groups in total. The summed E-state index contributed by atoms with van der Waals surface area (Å²) in [4.78, 5) is 1.67. The van der Waals surface area contributed by atoms with Crippen LogP contribution < -0.4 is 0 Å². The number of halogens is 1. The van der Waals surface area contributed by atoms with Crippen LogP contribution in [-0.2, 0) is 0 Å². The van der Waals surface area contributed by atoms with E-state index in [0.717, 1.165) is 25.9 Å². The highest BCUT2D eigenvalue weighted by Gasteiger charge is 2.11. The van der Waals surface area contributed by atoms with Gasteiger partial charge in [0, 0.05) is 13.1 Å². The third-order valence-corrected chi connectivity index (χ3v) is 1.45. The van der Waals surface area contributed by atoms with E-state index in [0.29, 0.717) is 0 Å². The molecule has 0 amide bonds. The van der Waals surface area contributed by atoms with Crippen molar-refractivity contribution in [3.05, 3.63) is 12.5 Å². The van der Waals surface area contributed by atoms with Gasteiger partial charge in [-0.05, 0) is 19.4 Å². The van der Waals surface area contributed by atoms with Gasteiger partial charge in [-0.1, -0.05) is 0 Å². The quantitative estimate of drug-likeness (QED) is 0.468. The molecule has 1 fully saturated rings. The Morgan fingerprint density at radius 3 is 2.12 bits per heavy atom. The Morgan fingerprint density at radius 1 is 1.38 bits per heavy atom. The number of nitrogens with zero attached hydrogens (tertiary/aromatic N) is 1. The van der Waals surface area contributed by atoms with E-state index in [2.05, 4.69) is 6.58 Å². The van der Waals surface area contributed by atoms with Gasteiger partial charge in [0.15, 0.2) is 5.95 Å². The molecule has 0 atom stereocenters. The van der Waals surface area contributed by atoms with E-state index in [4.69, 9.17) is 0 Å². The average molecular weight is 115 g/mol.